The first-order valence-electron chi connectivity index (χ1n) is 6.00. The molecule has 0 saturated heterocycles. The summed E-state index contributed by atoms with van der Waals surface area (Å²) in [7, 11) is 1.07. The summed E-state index contributed by atoms with van der Waals surface area (Å²) < 4.78 is 22.1. The SMILES string of the molecule is CN(C)c1cccc(C(N)CCCS(C)(=O)=O)c1. The molecule has 0 saturated carbocycles. The highest BCUT2D eigenvalue weighted by Crippen LogP contribution is 2.21. The minimum absolute atomic E-state index is 0.105. The van der Waals surface area contributed by atoms with Gasteiger partial charge in [-0.1, -0.05) is 12.1 Å². The second-order valence-corrected chi connectivity index (χ2v) is 7.13. The van der Waals surface area contributed by atoms with Crippen LogP contribution in [0.25, 0.3) is 0 Å². The molecule has 0 aliphatic heterocycles. The molecule has 0 spiro atoms. The molecule has 102 valence electrons. The fourth-order valence-electron chi connectivity index (χ4n) is 1.77. The Morgan fingerprint density at radius 1 is 1.33 bits per heavy atom. The van der Waals surface area contributed by atoms with Crippen LogP contribution in [0.1, 0.15) is 24.4 Å². The van der Waals surface area contributed by atoms with Gasteiger partial charge in [0.1, 0.15) is 9.84 Å². The zero-order valence-corrected chi connectivity index (χ0v) is 12.1. The number of sulfone groups is 1. The van der Waals surface area contributed by atoms with Crippen molar-refractivity contribution in [2.45, 2.75) is 18.9 Å². The third-order valence-electron chi connectivity index (χ3n) is 2.85. The Bertz CT molecular complexity index is 484. The molecule has 2 N–H and O–H groups in total. The van der Waals surface area contributed by atoms with Crippen LogP contribution in [0.3, 0.4) is 0 Å². The van der Waals surface area contributed by atoms with Gasteiger partial charge in [-0.2, -0.15) is 0 Å². The average Bonchev–Trinajstić information content (AvgIpc) is 2.27. The smallest absolute Gasteiger partial charge is 0.147 e. The number of hydrogen-bond donors (Lipinski definition) is 1. The predicted octanol–water partition coefficient (Wildman–Crippen LogP) is 1.58. The van der Waals surface area contributed by atoms with E-state index in [4.69, 9.17) is 5.73 Å². The van der Waals surface area contributed by atoms with Crippen LogP contribution in [0, 0.1) is 0 Å². The number of anilines is 1. The van der Waals surface area contributed by atoms with E-state index in [9.17, 15) is 8.42 Å². The summed E-state index contributed by atoms with van der Waals surface area (Å²) in [5.41, 5.74) is 8.23. The van der Waals surface area contributed by atoms with Crippen molar-refractivity contribution in [3.05, 3.63) is 29.8 Å². The van der Waals surface area contributed by atoms with Crippen molar-refractivity contribution in [1.29, 1.82) is 0 Å². The van der Waals surface area contributed by atoms with Crippen molar-refractivity contribution in [2.24, 2.45) is 5.73 Å². The molecule has 1 aromatic rings. The standard InChI is InChI=1S/C13H22N2O2S/c1-15(2)12-7-4-6-11(10-12)13(14)8-5-9-18(3,16)17/h4,6-7,10,13H,5,8-9,14H2,1-3H3. The molecule has 1 unspecified atom stereocenters. The normalized spacial score (nSPS) is 13.3. The topological polar surface area (TPSA) is 63.4 Å². The van der Waals surface area contributed by atoms with Gasteiger partial charge < -0.3 is 10.6 Å². The summed E-state index contributed by atoms with van der Waals surface area (Å²) in [6, 6.07) is 7.92. The lowest BCUT2D eigenvalue weighted by Crippen LogP contribution is -2.14. The minimum Gasteiger partial charge on any atom is -0.378 e. The molecule has 0 radical (unpaired) electrons. The number of hydrogen-bond acceptors (Lipinski definition) is 4. The van der Waals surface area contributed by atoms with Crippen LogP contribution in [0.2, 0.25) is 0 Å². The van der Waals surface area contributed by atoms with Gasteiger partial charge in [-0.05, 0) is 30.5 Å². The highest BCUT2D eigenvalue weighted by Gasteiger charge is 2.09. The summed E-state index contributed by atoms with van der Waals surface area (Å²) in [5, 5.41) is 0. The maximum Gasteiger partial charge on any atom is 0.147 e. The largest absolute Gasteiger partial charge is 0.378 e. The summed E-state index contributed by atoms with van der Waals surface area (Å²) >= 11 is 0. The molecule has 18 heavy (non-hydrogen) atoms. The van der Waals surface area contributed by atoms with Crippen LogP contribution in [0.4, 0.5) is 5.69 Å². The quantitative estimate of drug-likeness (QED) is 0.852. The molecule has 0 aliphatic rings. The Labute approximate surface area is 110 Å². The Morgan fingerprint density at radius 3 is 2.56 bits per heavy atom. The van der Waals surface area contributed by atoms with Crippen molar-refractivity contribution in [2.75, 3.05) is 31.0 Å². The zero-order valence-electron chi connectivity index (χ0n) is 11.3. The third kappa shape index (κ3) is 5.06. The second kappa shape index (κ2) is 6.20. The van der Waals surface area contributed by atoms with E-state index in [-0.39, 0.29) is 11.8 Å². The van der Waals surface area contributed by atoms with E-state index >= 15 is 0 Å². The molecule has 0 heterocycles. The third-order valence-corrected chi connectivity index (χ3v) is 3.88. The van der Waals surface area contributed by atoms with Crippen LogP contribution < -0.4 is 10.6 Å². The maximum atomic E-state index is 11.0. The summed E-state index contributed by atoms with van der Waals surface area (Å²) in [4.78, 5) is 2.02. The highest BCUT2D eigenvalue weighted by atomic mass is 32.2. The number of rotatable bonds is 6. The van der Waals surface area contributed by atoms with Gasteiger partial charge in [-0.15, -0.1) is 0 Å². The van der Waals surface area contributed by atoms with Gasteiger partial charge in [0.25, 0.3) is 0 Å². The molecule has 0 fully saturated rings. The van der Waals surface area contributed by atoms with E-state index in [1.165, 1.54) is 6.26 Å². The molecule has 0 aromatic heterocycles. The van der Waals surface area contributed by atoms with Crippen LogP contribution in [0.5, 0.6) is 0 Å². The molecule has 1 atom stereocenters. The average molecular weight is 270 g/mol. The lowest BCUT2D eigenvalue weighted by Gasteiger charge is -2.17. The van der Waals surface area contributed by atoms with E-state index in [1.54, 1.807) is 0 Å². The molecule has 0 bridgehead atoms. The van der Waals surface area contributed by atoms with Gasteiger partial charge in [-0.25, -0.2) is 8.42 Å². The van der Waals surface area contributed by atoms with Crippen molar-refractivity contribution in [1.82, 2.24) is 0 Å². The first-order valence-corrected chi connectivity index (χ1v) is 8.06. The first-order chi connectivity index (χ1) is 8.29. The molecule has 1 aromatic carbocycles. The summed E-state index contributed by atoms with van der Waals surface area (Å²) in [5.74, 6) is 0.202. The molecular formula is C13H22N2O2S. The van der Waals surface area contributed by atoms with Crippen molar-refractivity contribution < 1.29 is 8.42 Å². The molecule has 1 rings (SSSR count). The Kier molecular flexibility index (Phi) is 5.16. The zero-order chi connectivity index (χ0) is 13.8. The van der Waals surface area contributed by atoms with E-state index < -0.39 is 9.84 Å². The highest BCUT2D eigenvalue weighted by molar-refractivity contribution is 7.90. The van der Waals surface area contributed by atoms with E-state index in [1.807, 2.05) is 43.3 Å². The van der Waals surface area contributed by atoms with E-state index in [2.05, 4.69) is 0 Å². The molecule has 5 heteroatoms. The van der Waals surface area contributed by atoms with Gasteiger partial charge in [0.2, 0.25) is 0 Å². The van der Waals surface area contributed by atoms with E-state index in [0.717, 1.165) is 11.3 Å². The van der Waals surface area contributed by atoms with Crippen LogP contribution in [-0.2, 0) is 9.84 Å². The fraction of sp³-hybridized carbons (Fsp3) is 0.538. The molecule has 0 amide bonds. The lowest BCUT2D eigenvalue weighted by molar-refractivity contribution is 0.588. The van der Waals surface area contributed by atoms with Crippen molar-refractivity contribution in [3.63, 3.8) is 0 Å². The van der Waals surface area contributed by atoms with Gasteiger partial charge in [0.15, 0.2) is 0 Å². The number of benzene rings is 1. The van der Waals surface area contributed by atoms with Gasteiger partial charge in [0.05, 0.1) is 0 Å². The van der Waals surface area contributed by atoms with Gasteiger partial charge in [-0.3, -0.25) is 0 Å². The second-order valence-electron chi connectivity index (χ2n) is 4.87. The summed E-state index contributed by atoms with van der Waals surface area (Å²) in [6.45, 7) is 0. The monoisotopic (exact) mass is 270 g/mol. The number of nitrogens with zero attached hydrogens (tertiary/aromatic N) is 1. The summed E-state index contributed by atoms with van der Waals surface area (Å²) in [6.07, 6.45) is 2.54. The van der Waals surface area contributed by atoms with Crippen molar-refractivity contribution >= 4 is 15.5 Å². The van der Waals surface area contributed by atoms with Gasteiger partial charge in [0, 0.05) is 37.8 Å². The molecule has 0 aliphatic carbocycles. The number of nitrogens with two attached hydrogens (primary N) is 1. The van der Waals surface area contributed by atoms with Crippen LogP contribution in [0.15, 0.2) is 24.3 Å². The van der Waals surface area contributed by atoms with Gasteiger partial charge >= 0.3 is 0 Å². The fourth-order valence-corrected chi connectivity index (χ4v) is 2.46. The Hall–Kier alpha value is -1.07. The Morgan fingerprint density at radius 2 is 2.00 bits per heavy atom. The predicted molar refractivity (Wildman–Crippen MR) is 76.6 cm³/mol. The van der Waals surface area contributed by atoms with Crippen molar-refractivity contribution in [3.8, 4) is 0 Å². The molecular weight excluding hydrogens is 248 g/mol. The first kappa shape index (κ1) is 15.0. The van der Waals surface area contributed by atoms with E-state index in [0.29, 0.717) is 12.8 Å². The lowest BCUT2D eigenvalue weighted by atomic mass is 10.0. The Balaban J connectivity index is 2.61. The maximum absolute atomic E-state index is 11.0. The van der Waals surface area contributed by atoms with Crippen LogP contribution >= 0.6 is 0 Å². The minimum atomic E-state index is -2.89. The molecule has 4 nitrogen and oxygen atoms in total. The van der Waals surface area contributed by atoms with Crippen LogP contribution in [-0.4, -0.2) is 34.5 Å².